The van der Waals surface area contributed by atoms with Gasteiger partial charge in [0.2, 0.25) is 0 Å². The number of benzene rings is 2. The lowest BCUT2D eigenvalue weighted by Crippen LogP contribution is -2.11. The van der Waals surface area contributed by atoms with E-state index in [-0.39, 0.29) is 0 Å². The number of hydrogen-bond acceptors (Lipinski definition) is 3. The summed E-state index contributed by atoms with van der Waals surface area (Å²) in [7, 11) is 3.88. The molecule has 0 bridgehead atoms. The highest BCUT2D eigenvalue weighted by Gasteiger charge is 2.10. The Bertz CT molecular complexity index is 579. The van der Waals surface area contributed by atoms with E-state index < -0.39 is 5.97 Å². The molecule has 0 N–H and O–H groups in total. The van der Waals surface area contributed by atoms with Gasteiger partial charge in [0.25, 0.3) is 0 Å². The van der Waals surface area contributed by atoms with Gasteiger partial charge in [0.1, 0.15) is 5.75 Å². The summed E-state index contributed by atoms with van der Waals surface area (Å²) in [5.74, 6) is -0.0516. The van der Waals surface area contributed by atoms with Crippen LogP contribution < -0.4 is 9.64 Å². The first kappa shape index (κ1) is 13.4. The third-order valence-electron chi connectivity index (χ3n) is 2.66. The highest BCUT2D eigenvalue weighted by molar-refractivity contribution is 6.32. The largest absolute Gasteiger partial charge is 0.421 e. The van der Waals surface area contributed by atoms with Crippen molar-refractivity contribution in [1.82, 2.24) is 0 Å². The number of carbonyl (C=O) groups is 1. The molecule has 0 heterocycles. The zero-order chi connectivity index (χ0) is 13.8. The molecule has 0 aromatic heterocycles. The summed E-state index contributed by atoms with van der Waals surface area (Å²) in [6.07, 6.45) is 0. The molecule has 19 heavy (non-hydrogen) atoms. The van der Waals surface area contributed by atoms with E-state index in [0.29, 0.717) is 16.3 Å². The lowest BCUT2D eigenvalue weighted by atomic mass is 10.2. The number of para-hydroxylation sites is 1. The topological polar surface area (TPSA) is 29.5 Å². The van der Waals surface area contributed by atoms with Crippen molar-refractivity contribution in [2.45, 2.75) is 0 Å². The van der Waals surface area contributed by atoms with Gasteiger partial charge in [-0.15, -0.1) is 0 Å². The molecule has 0 unspecified atom stereocenters. The van der Waals surface area contributed by atoms with E-state index in [1.165, 1.54) is 0 Å². The molecule has 0 aliphatic carbocycles. The summed E-state index contributed by atoms with van der Waals surface area (Å²) in [6, 6.07) is 14.1. The number of ether oxygens (including phenoxy) is 1. The average molecular weight is 276 g/mol. The maximum Gasteiger partial charge on any atom is 0.343 e. The Morgan fingerprint density at radius 3 is 2.26 bits per heavy atom. The van der Waals surface area contributed by atoms with Gasteiger partial charge in [-0.2, -0.15) is 0 Å². The smallest absolute Gasteiger partial charge is 0.343 e. The minimum atomic E-state index is -0.418. The van der Waals surface area contributed by atoms with E-state index in [0.717, 1.165) is 5.69 Å². The normalized spacial score (nSPS) is 10.1. The fraction of sp³-hybridized carbons (Fsp3) is 0.133. The van der Waals surface area contributed by atoms with Crippen LogP contribution in [0, 0.1) is 0 Å². The minimum absolute atomic E-state index is 0.367. The highest BCUT2D eigenvalue weighted by atomic mass is 35.5. The summed E-state index contributed by atoms with van der Waals surface area (Å²) in [4.78, 5) is 13.9. The van der Waals surface area contributed by atoms with E-state index in [9.17, 15) is 4.79 Å². The van der Waals surface area contributed by atoms with Crippen molar-refractivity contribution in [3.8, 4) is 5.75 Å². The first-order valence-electron chi connectivity index (χ1n) is 5.82. The van der Waals surface area contributed by atoms with E-state index >= 15 is 0 Å². The maximum absolute atomic E-state index is 12.0. The number of rotatable bonds is 3. The van der Waals surface area contributed by atoms with Gasteiger partial charge in [0.15, 0.2) is 0 Å². The molecule has 3 nitrogen and oxygen atoms in total. The van der Waals surface area contributed by atoms with E-state index in [4.69, 9.17) is 16.3 Å². The Kier molecular flexibility index (Phi) is 4.07. The first-order valence-corrected chi connectivity index (χ1v) is 6.20. The number of anilines is 1. The Hall–Kier alpha value is -2.00. The first-order chi connectivity index (χ1) is 9.08. The minimum Gasteiger partial charge on any atom is -0.421 e. The van der Waals surface area contributed by atoms with E-state index in [1.807, 2.05) is 31.1 Å². The molecule has 0 atom stereocenters. The van der Waals surface area contributed by atoms with Crippen molar-refractivity contribution in [1.29, 1.82) is 0 Å². The molecular weight excluding hydrogens is 262 g/mol. The standard InChI is InChI=1S/C15H14ClNO2/c1-17(2)12-9-7-11(8-10-12)15(18)19-14-6-4-3-5-13(14)16/h3-10H,1-2H3. The van der Waals surface area contributed by atoms with Crippen LogP contribution in [0.15, 0.2) is 48.5 Å². The van der Waals surface area contributed by atoms with Crippen LogP contribution in [0.25, 0.3) is 0 Å². The molecule has 2 aromatic carbocycles. The third-order valence-corrected chi connectivity index (χ3v) is 2.97. The summed E-state index contributed by atoms with van der Waals surface area (Å²) in [5.41, 5.74) is 1.51. The molecule has 0 fully saturated rings. The molecule has 98 valence electrons. The van der Waals surface area contributed by atoms with Gasteiger partial charge in [0.05, 0.1) is 10.6 Å². The lowest BCUT2D eigenvalue weighted by Gasteiger charge is -2.12. The molecule has 0 aliphatic rings. The molecule has 0 radical (unpaired) electrons. The van der Waals surface area contributed by atoms with Gasteiger partial charge in [-0.25, -0.2) is 4.79 Å². The van der Waals surface area contributed by atoms with Crippen molar-refractivity contribution >= 4 is 23.3 Å². The summed E-state index contributed by atoms with van der Waals surface area (Å²) in [5, 5.41) is 0.417. The Balaban J connectivity index is 2.14. The molecule has 0 amide bonds. The highest BCUT2D eigenvalue weighted by Crippen LogP contribution is 2.24. The van der Waals surface area contributed by atoms with Crippen LogP contribution >= 0.6 is 11.6 Å². The molecule has 2 rings (SSSR count). The molecular formula is C15H14ClNO2. The number of nitrogens with zero attached hydrogens (tertiary/aromatic N) is 1. The van der Waals surface area contributed by atoms with Crippen molar-refractivity contribution in [3.05, 3.63) is 59.1 Å². The van der Waals surface area contributed by atoms with Crippen molar-refractivity contribution in [2.75, 3.05) is 19.0 Å². The molecule has 0 saturated carbocycles. The Labute approximate surface area is 117 Å². The number of halogens is 1. The predicted octanol–water partition coefficient (Wildman–Crippen LogP) is 3.63. The molecule has 4 heteroatoms. The summed E-state index contributed by atoms with van der Waals surface area (Å²) < 4.78 is 5.25. The van der Waals surface area contributed by atoms with Gasteiger partial charge >= 0.3 is 5.97 Å². The zero-order valence-corrected chi connectivity index (χ0v) is 11.5. The third kappa shape index (κ3) is 3.26. The van der Waals surface area contributed by atoms with Crippen LogP contribution in [-0.4, -0.2) is 20.1 Å². The monoisotopic (exact) mass is 275 g/mol. The molecule has 0 spiro atoms. The van der Waals surface area contributed by atoms with Gasteiger partial charge < -0.3 is 9.64 Å². The van der Waals surface area contributed by atoms with E-state index in [1.54, 1.807) is 36.4 Å². The summed E-state index contributed by atoms with van der Waals surface area (Å²) in [6.45, 7) is 0. The van der Waals surface area contributed by atoms with Crippen molar-refractivity contribution in [3.63, 3.8) is 0 Å². The van der Waals surface area contributed by atoms with Crippen LogP contribution in [0.3, 0.4) is 0 Å². The second-order valence-electron chi connectivity index (χ2n) is 4.26. The average Bonchev–Trinajstić information content (AvgIpc) is 2.41. The molecule has 2 aromatic rings. The second-order valence-corrected chi connectivity index (χ2v) is 4.67. The summed E-state index contributed by atoms with van der Waals surface area (Å²) >= 11 is 5.94. The van der Waals surface area contributed by atoms with Crippen LogP contribution in [0.5, 0.6) is 5.75 Å². The van der Waals surface area contributed by atoms with Gasteiger partial charge in [-0.1, -0.05) is 23.7 Å². The quantitative estimate of drug-likeness (QED) is 0.633. The fourth-order valence-corrected chi connectivity index (χ4v) is 1.76. The predicted molar refractivity (Wildman–Crippen MR) is 77.2 cm³/mol. The maximum atomic E-state index is 12.0. The van der Waals surface area contributed by atoms with Gasteiger partial charge in [-0.05, 0) is 36.4 Å². The molecule has 0 saturated heterocycles. The van der Waals surface area contributed by atoms with Gasteiger partial charge in [0, 0.05) is 19.8 Å². The SMILES string of the molecule is CN(C)c1ccc(C(=O)Oc2ccccc2Cl)cc1. The van der Waals surface area contributed by atoms with Gasteiger partial charge in [-0.3, -0.25) is 0 Å². The second kappa shape index (κ2) is 5.76. The number of carbonyl (C=O) groups excluding carboxylic acids is 1. The number of hydrogen-bond donors (Lipinski definition) is 0. The van der Waals surface area contributed by atoms with Crippen molar-refractivity contribution in [2.24, 2.45) is 0 Å². The van der Waals surface area contributed by atoms with Crippen LogP contribution in [0.2, 0.25) is 5.02 Å². The Morgan fingerprint density at radius 2 is 1.68 bits per heavy atom. The van der Waals surface area contributed by atoms with Crippen molar-refractivity contribution < 1.29 is 9.53 Å². The zero-order valence-electron chi connectivity index (χ0n) is 10.8. The molecule has 0 aliphatic heterocycles. The fourth-order valence-electron chi connectivity index (χ4n) is 1.58. The van der Waals surface area contributed by atoms with Crippen LogP contribution in [-0.2, 0) is 0 Å². The van der Waals surface area contributed by atoms with Crippen LogP contribution in [0.4, 0.5) is 5.69 Å². The number of esters is 1. The van der Waals surface area contributed by atoms with E-state index in [2.05, 4.69) is 0 Å². The van der Waals surface area contributed by atoms with Crippen LogP contribution in [0.1, 0.15) is 10.4 Å². The lowest BCUT2D eigenvalue weighted by molar-refractivity contribution is 0.0735. The Morgan fingerprint density at radius 1 is 1.05 bits per heavy atom.